The zero-order valence-corrected chi connectivity index (χ0v) is 14.2. The summed E-state index contributed by atoms with van der Waals surface area (Å²) in [6.07, 6.45) is -8.71. The summed E-state index contributed by atoms with van der Waals surface area (Å²) in [6.45, 7) is 0.446. The van der Waals surface area contributed by atoms with Crippen LogP contribution in [-0.4, -0.2) is 29.6 Å². The van der Waals surface area contributed by atoms with Gasteiger partial charge in [0.05, 0.1) is 6.42 Å². The highest BCUT2D eigenvalue weighted by atomic mass is 19.4. The molecule has 1 atom stereocenters. The Hall–Kier alpha value is -1.02. The van der Waals surface area contributed by atoms with E-state index in [0.717, 1.165) is 19.3 Å². The second kappa shape index (κ2) is 5.99. The zero-order chi connectivity index (χ0) is 19.5. The Balaban J connectivity index is 1.69. The highest BCUT2D eigenvalue weighted by Crippen LogP contribution is 2.57. The van der Waals surface area contributed by atoms with E-state index in [0.29, 0.717) is 43.9 Å². The molecule has 0 aromatic rings. The number of esters is 1. The summed E-state index contributed by atoms with van der Waals surface area (Å²) >= 11 is 0. The third kappa shape index (κ3) is 3.19. The average molecular weight is 390 g/mol. The topological polar surface area (TPSA) is 26.3 Å². The Morgan fingerprint density at radius 2 is 1.31 bits per heavy atom. The van der Waals surface area contributed by atoms with Crippen molar-refractivity contribution in [3.8, 4) is 0 Å². The number of carbonyl (C=O) groups is 1. The van der Waals surface area contributed by atoms with E-state index in [2.05, 4.69) is 0 Å². The molecule has 4 fully saturated rings. The molecule has 4 saturated carbocycles. The van der Waals surface area contributed by atoms with Gasteiger partial charge in [0, 0.05) is 5.92 Å². The van der Waals surface area contributed by atoms with Crippen LogP contribution >= 0.6 is 0 Å². The summed E-state index contributed by atoms with van der Waals surface area (Å²) in [5.41, 5.74) is -6.23. The van der Waals surface area contributed by atoms with Gasteiger partial charge in [-0.15, -0.1) is 0 Å². The molecule has 0 aliphatic heterocycles. The molecule has 0 amide bonds. The van der Waals surface area contributed by atoms with Crippen LogP contribution < -0.4 is 0 Å². The number of alkyl halides is 7. The Morgan fingerprint density at radius 3 is 1.65 bits per heavy atom. The van der Waals surface area contributed by atoms with Gasteiger partial charge in [-0.25, -0.2) is 4.39 Å². The van der Waals surface area contributed by atoms with Gasteiger partial charge in [-0.05, 0) is 56.3 Å². The summed E-state index contributed by atoms with van der Waals surface area (Å²) in [5.74, 6) is -2.65. The highest BCUT2D eigenvalue weighted by Gasteiger charge is 2.75. The molecule has 0 aromatic carbocycles. The number of carbonyl (C=O) groups excluding carboxylic acids is 1. The van der Waals surface area contributed by atoms with Crippen molar-refractivity contribution in [2.75, 3.05) is 0 Å². The van der Waals surface area contributed by atoms with Crippen LogP contribution in [0.25, 0.3) is 0 Å². The van der Waals surface area contributed by atoms with E-state index < -0.39 is 41.9 Å². The van der Waals surface area contributed by atoms with Gasteiger partial charge in [0.15, 0.2) is 0 Å². The lowest BCUT2D eigenvalue weighted by Crippen LogP contribution is -2.58. The quantitative estimate of drug-likeness (QED) is 0.477. The summed E-state index contributed by atoms with van der Waals surface area (Å²) in [4.78, 5) is 12.1. The van der Waals surface area contributed by atoms with Crippen LogP contribution in [-0.2, 0) is 9.53 Å². The molecule has 0 spiro atoms. The van der Waals surface area contributed by atoms with Crippen LogP contribution in [0.5, 0.6) is 0 Å². The van der Waals surface area contributed by atoms with Crippen molar-refractivity contribution in [2.45, 2.75) is 75.5 Å². The maximum atomic E-state index is 14.0. The van der Waals surface area contributed by atoms with Crippen LogP contribution in [0.2, 0.25) is 0 Å². The number of rotatable bonds is 4. The molecule has 4 bridgehead atoms. The van der Waals surface area contributed by atoms with E-state index in [1.165, 1.54) is 0 Å². The van der Waals surface area contributed by atoms with Crippen molar-refractivity contribution in [1.29, 1.82) is 0 Å². The zero-order valence-electron chi connectivity index (χ0n) is 14.2. The van der Waals surface area contributed by atoms with Gasteiger partial charge in [0.2, 0.25) is 0 Å². The van der Waals surface area contributed by atoms with Gasteiger partial charge in [0.25, 0.3) is 0 Å². The summed E-state index contributed by atoms with van der Waals surface area (Å²) in [7, 11) is 0. The van der Waals surface area contributed by atoms with Crippen molar-refractivity contribution in [3.05, 3.63) is 0 Å². The first-order chi connectivity index (χ1) is 11.8. The normalized spacial score (nSPS) is 35.5. The second-order valence-electron chi connectivity index (χ2n) is 8.39. The Bertz CT molecular complexity index is 517. The number of ether oxygens (including phenoxy) is 1. The molecule has 1 unspecified atom stereocenters. The third-order valence-corrected chi connectivity index (χ3v) is 6.29. The SMILES string of the molecule is CC(CC(=O)OC12CC3CC(CC(C3)C1)C2)C(F)(C(F)(F)F)C(F)(F)F. The summed E-state index contributed by atoms with van der Waals surface area (Å²) < 4.78 is 96.0. The van der Waals surface area contributed by atoms with E-state index in [1.807, 2.05) is 0 Å². The second-order valence-corrected chi connectivity index (χ2v) is 8.39. The van der Waals surface area contributed by atoms with Crippen LogP contribution in [0.4, 0.5) is 30.7 Å². The maximum absolute atomic E-state index is 14.0. The predicted octanol–water partition coefficient (Wildman–Crippen LogP) is 5.36. The minimum absolute atomic E-state index is 0.386. The fourth-order valence-corrected chi connectivity index (χ4v) is 5.55. The molecule has 0 radical (unpaired) electrons. The largest absolute Gasteiger partial charge is 0.459 e. The smallest absolute Gasteiger partial charge is 0.431 e. The van der Waals surface area contributed by atoms with Crippen LogP contribution in [0.15, 0.2) is 0 Å². The van der Waals surface area contributed by atoms with Gasteiger partial charge in [0.1, 0.15) is 5.60 Å². The van der Waals surface area contributed by atoms with Gasteiger partial charge in [-0.1, -0.05) is 6.92 Å². The molecule has 26 heavy (non-hydrogen) atoms. The number of hydrogen-bond acceptors (Lipinski definition) is 2. The Kier molecular flexibility index (Phi) is 4.55. The highest BCUT2D eigenvalue weighted by molar-refractivity contribution is 5.70. The molecule has 0 N–H and O–H groups in total. The van der Waals surface area contributed by atoms with E-state index in [-0.39, 0.29) is 0 Å². The molecule has 150 valence electrons. The molecule has 4 aliphatic rings. The fourth-order valence-electron chi connectivity index (χ4n) is 5.55. The lowest BCUT2D eigenvalue weighted by Gasteiger charge is -2.55. The average Bonchev–Trinajstić information content (AvgIpc) is 2.41. The first-order valence-electron chi connectivity index (χ1n) is 8.80. The fraction of sp³-hybridized carbons (Fsp3) is 0.941. The van der Waals surface area contributed by atoms with Gasteiger partial charge in [-0.3, -0.25) is 4.79 Å². The van der Waals surface area contributed by atoms with Crippen LogP contribution in [0.1, 0.15) is 51.9 Å². The molecule has 4 aliphatic carbocycles. The van der Waals surface area contributed by atoms with Crippen molar-refractivity contribution in [3.63, 3.8) is 0 Å². The van der Waals surface area contributed by atoms with Crippen molar-refractivity contribution >= 4 is 5.97 Å². The monoisotopic (exact) mass is 390 g/mol. The van der Waals surface area contributed by atoms with Crippen molar-refractivity contribution < 1.29 is 40.3 Å². The molecule has 0 saturated heterocycles. The van der Waals surface area contributed by atoms with Crippen LogP contribution in [0.3, 0.4) is 0 Å². The van der Waals surface area contributed by atoms with E-state index >= 15 is 0 Å². The van der Waals surface area contributed by atoms with Crippen molar-refractivity contribution in [1.82, 2.24) is 0 Å². The first-order valence-corrected chi connectivity index (χ1v) is 8.80. The van der Waals surface area contributed by atoms with E-state index in [9.17, 15) is 35.5 Å². The van der Waals surface area contributed by atoms with E-state index in [1.54, 1.807) is 0 Å². The molecular weight excluding hydrogens is 369 g/mol. The molecule has 9 heteroatoms. The standard InChI is InChI=1S/C17H21F7O2/c1-9(15(18,16(19,20)21)17(22,23)24)2-13(25)26-14-6-10-3-11(7-14)5-12(4-10)8-14/h9-12H,2-8H2,1H3. The van der Waals surface area contributed by atoms with Gasteiger partial charge < -0.3 is 4.74 Å². The Labute approximate surface area is 146 Å². The number of halogens is 7. The van der Waals surface area contributed by atoms with Crippen molar-refractivity contribution in [2.24, 2.45) is 23.7 Å². The molecule has 0 heterocycles. The lowest BCUT2D eigenvalue weighted by atomic mass is 9.54. The van der Waals surface area contributed by atoms with E-state index in [4.69, 9.17) is 4.74 Å². The molecule has 4 rings (SSSR count). The summed E-state index contributed by atoms with van der Waals surface area (Å²) in [5, 5.41) is 0. The maximum Gasteiger partial charge on any atom is 0.431 e. The minimum atomic E-state index is -6.16. The van der Waals surface area contributed by atoms with Crippen LogP contribution in [0, 0.1) is 23.7 Å². The Morgan fingerprint density at radius 1 is 0.923 bits per heavy atom. The minimum Gasteiger partial charge on any atom is -0.459 e. The summed E-state index contributed by atoms with van der Waals surface area (Å²) in [6, 6.07) is 0. The molecular formula is C17H21F7O2. The lowest BCUT2D eigenvalue weighted by molar-refractivity contribution is -0.356. The first kappa shape index (κ1) is 19.7. The molecule has 2 nitrogen and oxygen atoms in total. The third-order valence-electron chi connectivity index (χ3n) is 6.29. The predicted molar refractivity (Wildman–Crippen MR) is 76.7 cm³/mol. The molecule has 0 aromatic heterocycles. The van der Waals surface area contributed by atoms with Gasteiger partial charge in [-0.2, -0.15) is 26.3 Å². The van der Waals surface area contributed by atoms with Gasteiger partial charge >= 0.3 is 24.0 Å². The number of hydrogen-bond donors (Lipinski definition) is 0.